The van der Waals surface area contributed by atoms with Crippen LogP contribution in [0.2, 0.25) is 0 Å². The van der Waals surface area contributed by atoms with E-state index in [4.69, 9.17) is 11.5 Å². The maximum atomic E-state index is 12.0. The zero-order valence-corrected chi connectivity index (χ0v) is 13.1. The minimum atomic E-state index is -1.14. The second kappa shape index (κ2) is 6.13. The highest BCUT2D eigenvalue weighted by atomic mass is 16.1. The summed E-state index contributed by atoms with van der Waals surface area (Å²) in [4.78, 5) is 16.4. The van der Waals surface area contributed by atoms with E-state index >= 15 is 0 Å². The Morgan fingerprint density at radius 1 is 1.33 bits per heavy atom. The molecule has 4 N–H and O–H groups in total. The Morgan fingerprint density at radius 3 is 2.43 bits per heavy atom. The second-order valence-electron chi connectivity index (χ2n) is 6.40. The topological polar surface area (TPSA) is 75.6 Å². The maximum absolute atomic E-state index is 12.0. The smallest absolute Gasteiger partial charge is 0.243 e. The van der Waals surface area contributed by atoms with Crippen molar-refractivity contribution < 1.29 is 4.79 Å². The number of amides is 1. The van der Waals surface area contributed by atoms with Crippen LogP contribution in [-0.4, -0.2) is 55.5 Å². The molecule has 116 valence electrons. The summed E-state index contributed by atoms with van der Waals surface area (Å²) < 4.78 is 0. The minimum Gasteiger partial charge on any atom is -0.368 e. The zero-order valence-electron chi connectivity index (χ0n) is 13.1. The van der Waals surface area contributed by atoms with Crippen molar-refractivity contribution in [3.8, 4) is 0 Å². The number of nitrogens with zero attached hydrogens (tertiary/aromatic N) is 2. The molecule has 3 unspecified atom stereocenters. The molecular formula is C16H26N4O. The van der Waals surface area contributed by atoms with Gasteiger partial charge in [-0.25, -0.2) is 0 Å². The lowest BCUT2D eigenvalue weighted by molar-refractivity contribution is -0.124. The molecule has 0 spiro atoms. The number of likely N-dealkylation sites (N-methyl/N-ethyl adjacent to an activating group) is 1. The maximum Gasteiger partial charge on any atom is 0.243 e. The number of nitrogens with two attached hydrogens (primary N) is 2. The van der Waals surface area contributed by atoms with Gasteiger partial charge in [-0.2, -0.15) is 0 Å². The number of rotatable bonds is 5. The Kier molecular flexibility index (Phi) is 4.66. The molecule has 2 rings (SSSR count). The van der Waals surface area contributed by atoms with Crippen molar-refractivity contribution in [2.24, 2.45) is 17.4 Å². The molecule has 0 bridgehead atoms. The van der Waals surface area contributed by atoms with Gasteiger partial charge in [0.25, 0.3) is 0 Å². The zero-order chi connectivity index (χ0) is 15.6. The fraction of sp³-hybridized carbons (Fsp3) is 0.562. The molecule has 0 aliphatic carbocycles. The quantitative estimate of drug-likeness (QED) is 0.813. The van der Waals surface area contributed by atoms with Crippen LogP contribution in [0.3, 0.4) is 0 Å². The average Bonchev–Trinajstić information content (AvgIpc) is 2.80. The molecule has 1 heterocycles. The molecule has 1 fully saturated rings. The molecule has 5 nitrogen and oxygen atoms in total. The number of primary amides is 1. The molecule has 1 aliphatic heterocycles. The summed E-state index contributed by atoms with van der Waals surface area (Å²) >= 11 is 0. The molecule has 3 atom stereocenters. The van der Waals surface area contributed by atoms with Gasteiger partial charge in [0.2, 0.25) is 5.91 Å². The predicted octanol–water partition coefficient (Wildman–Crippen LogP) is 0.208. The Hall–Kier alpha value is -1.43. The summed E-state index contributed by atoms with van der Waals surface area (Å²) in [5.74, 6) is 0.0718. The van der Waals surface area contributed by atoms with Crippen LogP contribution in [0.25, 0.3) is 0 Å². The largest absolute Gasteiger partial charge is 0.368 e. The number of benzene rings is 1. The van der Waals surface area contributed by atoms with Crippen molar-refractivity contribution in [3.63, 3.8) is 0 Å². The summed E-state index contributed by atoms with van der Waals surface area (Å²) in [6, 6.07) is 9.90. The molecule has 0 radical (unpaired) electrons. The minimum absolute atomic E-state index is 0.459. The van der Waals surface area contributed by atoms with Crippen LogP contribution in [-0.2, 0) is 10.3 Å². The Balaban J connectivity index is 2.17. The molecular weight excluding hydrogens is 264 g/mol. The number of hydrogen-bond acceptors (Lipinski definition) is 4. The van der Waals surface area contributed by atoms with Crippen molar-refractivity contribution >= 4 is 5.91 Å². The van der Waals surface area contributed by atoms with E-state index < -0.39 is 11.4 Å². The highest BCUT2D eigenvalue weighted by molar-refractivity contribution is 5.86. The summed E-state index contributed by atoms with van der Waals surface area (Å²) in [6.45, 7) is 4.53. The normalized spacial score (nSPS) is 26.0. The van der Waals surface area contributed by atoms with Crippen molar-refractivity contribution in [1.29, 1.82) is 0 Å². The van der Waals surface area contributed by atoms with E-state index in [1.807, 2.05) is 30.3 Å². The van der Waals surface area contributed by atoms with Gasteiger partial charge in [0.05, 0.1) is 0 Å². The van der Waals surface area contributed by atoms with Crippen LogP contribution in [0.1, 0.15) is 12.5 Å². The first-order valence-electron chi connectivity index (χ1n) is 7.37. The standard InChI is InChI=1S/C16H26N4O/c1-12-9-20(10-14(12)19(2)3)11-16(18,15(17)21)13-7-5-4-6-8-13/h4-8,12,14H,9-11,18H2,1-3H3,(H2,17,21). The van der Waals surface area contributed by atoms with Gasteiger partial charge >= 0.3 is 0 Å². The lowest BCUT2D eigenvalue weighted by atomic mass is 9.89. The van der Waals surface area contributed by atoms with Gasteiger partial charge in [0.15, 0.2) is 0 Å². The van der Waals surface area contributed by atoms with E-state index in [-0.39, 0.29) is 0 Å². The predicted molar refractivity (Wildman–Crippen MR) is 84.6 cm³/mol. The van der Waals surface area contributed by atoms with E-state index in [0.717, 1.165) is 18.7 Å². The van der Waals surface area contributed by atoms with E-state index in [1.165, 1.54) is 0 Å². The SMILES string of the molecule is CC1CN(CC(N)(C(N)=O)c2ccccc2)CC1N(C)C. The van der Waals surface area contributed by atoms with Gasteiger partial charge in [-0.05, 0) is 25.6 Å². The van der Waals surface area contributed by atoms with Crippen molar-refractivity contribution in [2.75, 3.05) is 33.7 Å². The van der Waals surface area contributed by atoms with Crippen molar-refractivity contribution in [2.45, 2.75) is 18.5 Å². The third-order valence-electron chi connectivity index (χ3n) is 4.51. The molecule has 5 heteroatoms. The van der Waals surface area contributed by atoms with Crippen LogP contribution < -0.4 is 11.5 Å². The number of hydrogen-bond donors (Lipinski definition) is 2. The lowest BCUT2D eigenvalue weighted by Gasteiger charge is -2.31. The van der Waals surface area contributed by atoms with Gasteiger partial charge in [-0.15, -0.1) is 0 Å². The molecule has 1 aromatic carbocycles. The van der Waals surface area contributed by atoms with Crippen LogP contribution in [0.15, 0.2) is 30.3 Å². The molecule has 1 aliphatic rings. The first kappa shape index (κ1) is 15.9. The lowest BCUT2D eigenvalue weighted by Crippen LogP contribution is -2.56. The van der Waals surface area contributed by atoms with Crippen LogP contribution in [0.5, 0.6) is 0 Å². The van der Waals surface area contributed by atoms with Crippen LogP contribution >= 0.6 is 0 Å². The summed E-state index contributed by atoms with van der Waals surface area (Å²) in [5.41, 5.74) is 11.6. The van der Waals surface area contributed by atoms with E-state index in [9.17, 15) is 4.79 Å². The monoisotopic (exact) mass is 290 g/mol. The number of carbonyl (C=O) groups is 1. The molecule has 1 amide bonds. The number of carbonyl (C=O) groups excluding carboxylic acids is 1. The first-order valence-corrected chi connectivity index (χ1v) is 7.37. The highest BCUT2D eigenvalue weighted by Gasteiger charge is 2.40. The van der Waals surface area contributed by atoms with Gasteiger partial charge in [-0.1, -0.05) is 37.3 Å². The molecule has 1 saturated heterocycles. The summed E-state index contributed by atoms with van der Waals surface area (Å²) in [5, 5.41) is 0. The Bertz CT molecular complexity index is 490. The molecule has 1 aromatic rings. The summed E-state index contributed by atoms with van der Waals surface area (Å²) in [7, 11) is 4.18. The highest BCUT2D eigenvalue weighted by Crippen LogP contribution is 2.25. The van der Waals surface area contributed by atoms with Gasteiger partial charge in [0.1, 0.15) is 5.54 Å². The van der Waals surface area contributed by atoms with Gasteiger partial charge in [0, 0.05) is 25.7 Å². The summed E-state index contributed by atoms with van der Waals surface area (Å²) in [6.07, 6.45) is 0. The van der Waals surface area contributed by atoms with Crippen molar-refractivity contribution in [3.05, 3.63) is 35.9 Å². The van der Waals surface area contributed by atoms with Crippen LogP contribution in [0, 0.1) is 5.92 Å². The molecule has 21 heavy (non-hydrogen) atoms. The van der Waals surface area contributed by atoms with Crippen molar-refractivity contribution in [1.82, 2.24) is 9.80 Å². The third-order valence-corrected chi connectivity index (χ3v) is 4.51. The third kappa shape index (κ3) is 3.26. The second-order valence-corrected chi connectivity index (χ2v) is 6.40. The van der Waals surface area contributed by atoms with E-state index in [0.29, 0.717) is 18.5 Å². The van der Waals surface area contributed by atoms with Crippen LogP contribution in [0.4, 0.5) is 0 Å². The molecule has 0 saturated carbocycles. The van der Waals surface area contributed by atoms with Gasteiger partial charge < -0.3 is 16.4 Å². The van der Waals surface area contributed by atoms with E-state index in [2.05, 4.69) is 30.8 Å². The van der Waals surface area contributed by atoms with E-state index in [1.54, 1.807) is 0 Å². The fourth-order valence-corrected chi connectivity index (χ4v) is 3.25. The fourth-order valence-electron chi connectivity index (χ4n) is 3.25. The average molecular weight is 290 g/mol. The molecule has 0 aromatic heterocycles. The van der Waals surface area contributed by atoms with Gasteiger partial charge in [-0.3, -0.25) is 9.69 Å². The Morgan fingerprint density at radius 2 is 1.95 bits per heavy atom. The Labute approximate surface area is 126 Å². The first-order chi connectivity index (χ1) is 9.84. The number of likely N-dealkylation sites (tertiary alicyclic amines) is 1.